The van der Waals surface area contributed by atoms with Gasteiger partial charge in [0.25, 0.3) is 0 Å². The molecule has 0 saturated carbocycles. The van der Waals surface area contributed by atoms with Crippen LogP contribution in [0.5, 0.6) is 5.88 Å². The number of ether oxygens (including phenoxy) is 1. The summed E-state index contributed by atoms with van der Waals surface area (Å²) in [5.74, 6) is 2.71. The minimum absolute atomic E-state index is 0.579. The van der Waals surface area contributed by atoms with Gasteiger partial charge >= 0.3 is 0 Å². The standard InChI is InChI=1S/C14H21N3OS/c1-10-6-4-5-7-11(10)9-18-13-8-12(15-2)16-14(17-13)19-3/h4-5,8,10-11H,6-7,9H2,1-3H3,(H,15,16,17). The van der Waals surface area contributed by atoms with E-state index in [0.717, 1.165) is 30.4 Å². The van der Waals surface area contributed by atoms with Crippen molar-refractivity contribution in [3.05, 3.63) is 18.2 Å². The summed E-state index contributed by atoms with van der Waals surface area (Å²) < 4.78 is 5.86. The predicted molar refractivity (Wildman–Crippen MR) is 79.9 cm³/mol. The van der Waals surface area contributed by atoms with Crippen LogP contribution in [-0.4, -0.2) is 29.9 Å². The van der Waals surface area contributed by atoms with E-state index in [1.165, 1.54) is 11.8 Å². The first-order valence-corrected chi connectivity index (χ1v) is 7.84. The molecule has 2 rings (SSSR count). The highest BCUT2D eigenvalue weighted by Crippen LogP contribution is 2.26. The molecule has 0 spiro atoms. The zero-order chi connectivity index (χ0) is 13.7. The van der Waals surface area contributed by atoms with Crippen molar-refractivity contribution in [1.29, 1.82) is 0 Å². The first-order chi connectivity index (χ1) is 9.22. The predicted octanol–water partition coefficient (Wildman–Crippen LogP) is 3.22. The highest BCUT2D eigenvalue weighted by molar-refractivity contribution is 7.98. The molecule has 2 atom stereocenters. The van der Waals surface area contributed by atoms with E-state index in [9.17, 15) is 0 Å². The summed E-state index contributed by atoms with van der Waals surface area (Å²) in [5, 5.41) is 3.77. The molecule has 5 heteroatoms. The molecule has 1 aromatic heterocycles. The van der Waals surface area contributed by atoms with Gasteiger partial charge in [0.05, 0.1) is 6.61 Å². The zero-order valence-corrected chi connectivity index (χ0v) is 12.5. The number of anilines is 1. The van der Waals surface area contributed by atoms with E-state index >= 15 is 0 Å². The first-order valence-electron chi connectivity index (χ1n) is 6.61. The minimum atomic E-state index is 0.579. The van der Waals surface area contributed by atoms with Crippen LogP contribution in [0.1, 0.15) is 19.8 Å². The van der Waals surface area contributed by atoms with E-state index < -0.39 is 0 Å². The second-order valence-electron chi connectivity index (χ2n) is 4.82. The van der Waals surface area contributed by atoms with E-state index in [1.807, 2.05) is 19.4 Å². The van der Waals surface area contributed by atoms with Crippen LogP contribution in [0.2, 0.25) is 0 Å². The number of aromatic nitrogens is 2. The third-order valence-corrected chi connectivity index (χ3v) is 4.03. The van der Waals surface area contributed by atoms with Crippen LogP contribution in [0, 0.1) is 11.8 Å². The fraction of sp³-hybridized carbons (Fsp3) is 0.571. The van der Waals surface area contributed by atoms with Crippen LogP contribution < -0.4 is 10.1 Å². The van der Waals surface area contributed by atoms with Crippen molar-refractivity contribution in [2.45, 2.75) is 24.9 Å². The van der Waals surface area contributed by atoms with Gasteiger partial charge in [0.15, 0.2) is 5.16 Å². The molecule has 1 aliphatic rings. The monoisotopic (exact) mass is 279 g/mol. The SMILES string of the molecule is CNc1cc(OCC2CC=CCC2C)nc(SC)n1. The molecule has 1 aromatic rings. The van der Waals surface area contributed by atoms with Crippen molar-refractivity contribution in [3.8, 4) is 5.88 Å². The Hall–Kier alpha value is -1.23. The van der Waals surface area contributed by atoms with Gasteiger partial charge in [0, 0.05) is 13.1 Å². The fourth-order valence-corrected chi connectivity index (χ4v) is 2.50. The molecule has 0 saturated heterocycles. The molecular weight excluding hydrogens is 258 g/mol. The average molecular weight is 279 g/mol. The fourth-order valence-electron chi connectivity index (χ4n) is 2.13. The van der Waals surface area contributed by atoms with Gasteiger partial charge in [0.2, 0.25) is 5.88 Å². The van der Waals surface area contributed by atoms with Crippen LogP contribution >= 0.6 is 11.8 Å². The van der Waals surface area contributed by atoms with Crippen LogP contribution in [0.3, 0.4) is 0 Å². The van der Waals surface area contributed by atoms with Crippen LogP contribution in [0.25, 0.3) is 0 Å². The maximum atomic E-state index is 5.86. The lowest BCUT2D eigenvalue weighted by molar-refractivity contribution is 0.191. The molecule has 0 radical (unpaired) electrons. The zero-order valence-electron chi connectivity index (χ0n) is 11.7. The number of allylic oxidation sites excluding steroid dienone is 2. The largest absolute Gasteiger partial charge is 0.477 e. The Bertz CT molecular complexity index is 428. The van der Waals surface area contributed by atoms with E-state index in [-0.39, 0.29) is 0 Å². The molecule has 1 aliphatic carbocycles. The Labute approximate surface area is 119 Å². The van der Waals surface area contributed by atoms with Crippen molar-refractivity contribution in [2.24, 2.45) is 11.8 Å². The maximum absolute atomic E-state index is 5.86. The number of nitrogens with zero attached hydrogens (tertiary/aromatic N) is 2. The third-order valence-electron chi connectivity index (χ3n) is 3.48. The van der Waals surface area contributed by atoms with E-state index in [2.05, 4.69) is 34.4 Å². The Kier molecular flexibility index (Phi) is 5.07. The quantitative estimate of drug-likeness (QED) is 0.509. The molecule has 4 nitrogen and oxygen atoms in total. The Morgan fingerprint density at radius 3 is 2.84 bits per heavy atom. The highest BCUT2D eigenvalue weighted by Gasteiger charge is 2.19. The van der Waals surface area contributed by atoms with E-state index in [1.54, 1.807) is 0 Å². The summed E-state index contributed by atoms with van der Waals surface area (Å²) in [6, 6.07) is 1.85. The summed E-state index contributed by atoms with van der Waals surface area (Å²) in [6.45, 7) is 3.00. The molecule has 0 fully saturated rings. The molecule has 0 bridgehead atoms. The molecule has 104 valence electrons. The van der Waals surface area contributed by atoms with Crippen molar-refractivity contribution >= 4 is 17.6 Å². The van der Waals surface area contributed by atoms with Crippen molar-refractivity contribution in [2.75, 3.05) is 25.2 Å². The molecule has 1 N–H and O–H groups in total. The minimum Gasteiger partial charge on any atom is -0.477 e. The van der Waals surface area contributed by atoms with Gasteiger partial charge in [-0.05, 0) is 30.9 Å². The van der Waals surface area contributed by atoms with Crippen molar-refractivity contribution in [1.82, 2.24) is 9.97 Å². The van der Waals surface area contributed by atoms with Crippen molar-refractivity contribution in [3.63, 3.8) is 0 Å². The summed E-state index contributed by atoms with van der Waals surface area (Å²) in [7, 11) is 1.85. The molecule has 19 heavy (non-hydrogen) atoms. The molecular formula is C14H21N3OS. The summed E-state index contributed by atoms with van der Waals surface area (Å²) in [6.07, 6.45) is 8.72. The first kappa shape index (κ1) is 14.2. The van der Waals surface area contributed by atoms with Gasteiger partial charge in [0.1, 0.15) is 5.82 Å². The second-order valence-corrected chi connectivity index (χ2v) is 5.59. The molecule has 0 aliphatic heterocycles. The van der Waals surface area contributed by atoms with E-state index in [0.29, 0.717) is 17.7 Å². The van der Waals surface area contributed by atoms with Gasteiger partial charge in [-0.2, -0.15) is 4.98 Å². The lowest BCUT2D eigenvalue weighted by Crippen LogP contribution is -2.21. The third kappa shape index (κ3) is 3.86. The van der Waals surface area contributed by atoms with E-state index in [4.69, 9.17) is 4.74 Å². The van der Waals surface area contributed by atoms with Crippen LogP contribution in [0.4, 0.5) is 5.82 Å². The lowest BCUT2D eigenvalue weighted by atomic mass is 9.85. The topological polar surface area (TPSA) is 47.0 Å². The number of thioether (sulfide) groups is 1. The smallest absolute Gasteiger partial charge is 0.219 e. The average Bonchev–Trinajstić information content (AvgIpc) is 2.46. The van der Waals surface area contributed by atoms with Gasteiger partial charge in [-0.1, -0.05) is 30.8 Å². The van der Waals surface area contributed by atoms with Gasteiger partial charge < -0.3 is 10.1 Å². The Morgan fingerprint density at radius 2 is 2.16 bits per heavy atom. The van der Waals surface area contributed by atoms with Crippen LogP contribution in [0.15, 0.2) is 23.4 Å². The van der Waals surface area contributed by atoms with Crippen molar-refractivity contribution < 1.29 is 4.74 Å². The van der Waals surface area contributed by atoms with Gasteiger partial charge in [-0.3, -0.25) is 0 Å². The summed E-state index contributed by atoms with van der Waals surface area (Å²) in [4.78, 5) is 8.71. The number of rotatable bonds is 5. The Balaban J connectivity index is 2.00. The Morgan fingerprint density at radius 1 is 1.37 bits per heavy atom. The molecule has 2 unspecified atom stereocenters. The normalized spacial score (nSPS) is 22.3. The second kappa shape index (κ2) is 6.80. The molecule has 0 aromatic carbocycles. The highest BCUT2D eigenvalue weighted by atomic mass is 32.2. The van der Waals surface area contributed by atoms with Crippen LogP contribution in [-0.2, 0) is 0 Å². The maximum Gasteiger partial charge on any atom is 0.219 e. The number of hydrogen-bond acceptors (Lipinski definition) is 5. The van der Waals surface area contributed by atoms with Gasteiger partial charge in [-0.15, -0.1) is 0 Å². The number of hydrogen-bond donors (Lipinski definition) is 1. The number of nitrogens with one attached hydrogen (secondary N) is 1. The summed E-state index contributed by atoms with van der Waals surface area (Å²) >= 11 is 1.52. The summed E-state index contributed by atoms with van der Waals surface area (Å²) in [5.41, 5.74) is 0. The molecule has 0 amide bonds. The molecule has 1 heterocycles. The lowest BCUT2D eigenvalue weighted by Gasteiger charge is -2.24. The van der Waals surface area contributed by atoms with Gasteiger partial charge in [-0.25, -0.2) is 4.98 Å².